The van der Waals surface area contributed by atoms with E-state index in [2.05, 4.69) is 4.98 Å². The Labute approximate surface area is 126 Å². The van der Waals surface area contributed by atoms with Crippen LogP contribution >= 0.6 is 11.6 Å². The molecule has 1 aromatic carbocycles. The van der Waals surface area contributed by atoms with E-state index in [4.69, 9.17) is 11.6 Å². The molecular formula is C16H13ClN2O2. The average Bonchev–Trinajstić information content (AvgIpc) is 2.80. The predicted octanol–water partition coefficient (Wildman–Crippen LogP) is 3.97. The highest BCUT2D eigenvalue weighted by molar-refractivity contribution is 6.31. The van der Waals surface area contributed by atoms with Crippen LogP contribution in [0.1, 0.15) is 21.6 Å². The fourth-order valence-electron chi connectivity index (χ4n) is 2.34. The van der Waals surface area contributed by atoms with Gasteiger partial charge in [-0.2, -0.15) is 0 Å². The normalized spacial score (nSPS) is 11.0. The number of hydrogen-bond acceptors (Lipinski definition) is 2. The van der Waals surface area contributed by atoms with Gasteiger partial charge in [0.15, 0.2) is 5.69 Å². The molecule has 0 aliphatic carbocycles. The highest BCUT2D eigenvalue weighted by Crippen LogP contribution is 2.28. The van der Waals surface area contributed by atoms with Crippen molar-refractivity contribution in [2.24, 2.45) is 0 Å². The van der Waals surface area contributed by atoms with Crippen LogP contribution in [0.15, 0.2) is 36.5 Å². The number of aromatic nitrogens is 2. The van der Waals surface area contributed by atoms with Gasteiger partial charge in [0, 0.05) is 16.8 Å². The Bertz CT molecular complexity index is 868. The SMILES string of the molecule is Cc1ccn2c(C(=O)O)c(-c3ccc(Cl)c(C)c3)nc2c1. The third kappa shape index (κ3) is 2.28. The molecule has 2 heterocycles. The van der Waals surface area contributed by atoms with Crippen LogP contribution in [0.3, 0.4) is 0 Å². The Balaban J connectivity index is 2.33. The summed E-state index contributed by atoms with van der Waals surface area (Å²) < 4.78 is 1.59. The molecule has 1 N–H and O–H groups in total. The van der Waals surface area contributed by atoms with Gasteiger partial charge in [0.25, 0.3) is 0 Å². The number of rotatable bonds is 2. The number of nitrogens with zero attached hydrogens (tertiary/aromatic N) is 2. The highest BCUT2D eigenvalue weighted by Gasteiger charge is 2.20. The zero-order valence-corrected chi connectivity index (χ0v) is 12.3. The topological polar surface area (TPSA) is 54.6 Å². The number of aromatic carboxylic acids is 1. The molecule has 106 valence electrons. The summed E-state index contributed by atoms with van der Waals surface area (Å²) in [6.07, 6.45) is 1.73. The molecule has 3 aromatic rings. The van der Waals surface area contributed by atoms with Crippen molar-refractivity contribution in [1.29, 1.82) is 0 Å². The number of hydrogen-bond donors (Lipinski definition) is 1. The molecule has 0 amide bonds. The van der Waals surface area contributed by atoms with Gasteiger partial charge in [0.05, 0.1) is 0 Å². The molecule has 4 nitrogen and oxygen atoms in total. The number of carboxylic acids is 1. The lowest BCUT2D eigenvalue weighted by atomic mass is 10.1. The van der Waals surface area contributed by atoms with Gasteiger partial charge in [0.1, 0.15) is 11.3 Å². The fraction of sp³-hybridized carbons (Fsp3) is 0.125. The maximum atomic E-state index is 11.6. The number of fused-ring (bicyclic) bond motifs is 1. The van der Waals surface area contributed by atoms with Crippen molar-refractivity contribution in [3.05, 3.63) is 58.4 Å². The summed E-state index contributed by atoms with van der Waals surface area (Å²) in [5.41, 5.74) is 3.90. The number of imidazole rings is 1. The lowest BCUT2D eigenvalue weighted by molar-refractivity contribution is 0.0690. The molecule has 0 bridgehead atoms. The van der Waals surface area contributed by atoms with Crippen molar-refractivity contribution in [3.8, 4) is 11.3 Å². The van der Waals surface area contributed by atoms with Gasteiger partial charge < -0.3 is 5.11 Å². The van der Waals surface area contributed by atoms with Gasteiger partial charge >= 0.3 is 5.97 Å². The zero-order valence-electron chi connectivity index (χ0n) is 11.6. The minimum atomic E-state index is -1.01. The van der Waals surface area contributed by atoms with E-state index in [1.165, 1.54) is 0 Å². The summed E-state index contributed by atoms with van der Waals surface area (Å²) in [7, 11) is 0. The zero-order chi connectivity index (χ0) is 15.1. The summed E-state index contributed by atoms with van der Waals surface area (Å²) in [5.74, 6) is -1.01. The number of carboxylic acid groups (broad SMARTS) is 1. The number of halogens is 1. The molecule has 0 aliphatic rings. The Hall–Kier alpha value is -2.33. The van der Waals surface area contributed by atoms with Crippen molar-refractivity contribution in [2.45, 2.75) is 13.8 Å². The first kappa shape index (κ1) is 13.6. The second kappa shape index (κ2) is 4.90. The van der Waals surface area contributed by atoms with Crippen LogP contribution in [0.25, 0.3) is 16.9 Å². The van der Waals surface area contributed by atoms with Gasteiger partial charge in [-0.15, -0.1) is 0 Å². The number of aryl methyl sites for hydroxylation is 2. The molecule has 0 atom stereocenters. The monoisotopic (exact) mass is 300 g/mol. The molecule has 0 fully saturated rings. The van der Waals surface area contributed by atoms with E-state index in [-0.39, 0.29) is 5.69 Å². The minimum Gasteiger partial charge on any atom is -0.476 e. The molecule has 0 unspecified atom stereocenters. The van der Waals surface area contributed by atoms with Crippen molar-refractivity contribution in [3.63, 3.8) is 0 Å². The van der Waals surface area contributed by atoms with Gasteiger partial charge in [-0.1, -0.05) is 17.7 Å². The van der Waals surface area contributed by atoms with Crippen LogP contribution in [0.4, 0.5) is 0 Å². The van der Waals surface area contributed by atoms with E-state index in [0.717, 1.165) is 16.7 Å². The first-order chi connectivity index (χ1) is 9.97. The van der Waals surface area contributed by atoms with Crippen molar-refractivity contribution in [1.82, 2.24) is 9.38 Å². The molecule has 0 aliphatic heterocycles. The van der Waals surface area contributed by atoms with Crippen LogP contribution in [0.2, 0.25) is 5.02 Å². The largest absolute Gasteiger partial charge is 0.476 e. The van der Waals surface area contributed by atoms with E-state index < -0.39 is 5.97 Å². The Morgan fingerprint density at radius 1 is 1.24 bits per heavy atom. The van der Waals surface area contributed by atoms with E-state index in [1.54, 1.807) is 22.7 Å². The average molecular weight is 301 g/mol. The molecule has 3 rings (SSSR count). The van der Waals surface area contributed by atoms with Gasteiger partial charge in [-0.25, -0.2) is 9.78 Å². The smallest absolute Gasteiger partial charge is 0.355 e. The predicted molar refractivity (Wildman–Crippen MR) is 82.1 cm³/mol. The van der Waals surface area contributed by atoms with Crippen LogP contribution in [-0.2, 0) is 0 Å². The number of benzene rings is 1. The maximum Gasteiger partial charge on any atom is 0.355 e. The molecule has 2 aromatic heterocycles. The quantitative estimate of drug-likeness (QED) is 0.779. The molecule has 5 heteroatoms. The van der Waals surface area contributed by atoms with Crippen molar-refractivity contribution in [2.75, 3.05) is 0 Å². The number of carbonyl (C=O) groups is 1. The third-order valence-corrected chi connectivity index (χ3v) is 3.84. The minimum absolute atomic E-state index is 0.159. The number of pyridine rings is 1. The van der Waals surface area contributed by atoms with Crippen LogP contribution in [0, 0.1) is 13.8 Å². The van der Waals surface area contributed by atoms with Crippen LogP contribution < -0.4 is 0 Å². The van der Waals surface area contributed by atoms with Crippen LogP contribution in [0.5, 0.6) is 0 Å². The van der Waals surface area contributed by atoms with E-state index in [0.29, 0.717) is 16.4 Å². The summed E-state index contributed by atoms with van der Waals surface area (Å²) in [6.45, 7) is 3.83. The molecule has 21 heavy (non-hydrogen) atoms. The lowest BCUT2D eigenvalue weighted by Gasteiger charge is -2.03. The van der Waals surface area contributed by atoms with E-state index in [9.17, 15) is 9.90 Å². The highest BCUT2D eigenvalue weighted by atomic mass is 35.5. The summed E-state index contributed by atoms with van der Waals surface area (Å²) in [6, 6.07) is 9.11. The second-order valence-corrected chi connectivity index (χ2v) is 5.42. The maximum absolute atomic E-state index is 11.6. The van der Waals surface area contributed by atoms with Crippen LogP contribution in [-0.4, -0.2) is 20.5 Å². The molecular weight excluding hydrogens is 288 g/mol. The fourth-order valence-corrected chi connectivity index (χ4v) is 2.46. The van der Waals surface area contributed by atoms with Crippen molar-refractivity contribution >= 4 is 23.2 Å². The molecule has 0 radical (unpaired) electrons. The first-order valence-electron chi connectivity index (χ1n) is 6.46. The Morgan fingerprint density at radius 3 is 2.67 bits per heavy atom. The van der Waals surface area contributed by atoms with Gasteiger partial charge in [0.2, 0.25) is 0 Å². The standard InChI is InChI=1S/C16H13ClN2O2/c1-9-5-6-19-13(7-9)18-14(15(19)16(20)21)11-3-4-12(17)10(2)8-11/h3-8H,1-2H3,(H,20,21). The Morgan fingerprint density at radius 2 is 2.00 bits per heavy atom. The summed E-state index contributed by atoms with van der Waals surface area (Å²) >= 11 is 6.03. The van der Waals surface area contributed by atoms with Gasteiger partial charge in [-0.05, 0) is 49.2 Å². The molecule has 0 spiro atoms. The summed E-state index contributed by atoms with van der Waals surface area (Å²) in [4.78, 5) is 16.1. The van der Waals surface area contributed by atoms with E-state index >= 15 is 0 Å². The summed E-state index contributed by atoms with van der Waals surface area (Å²) in [5, 5.41) is 10.2. The second-order valence-electron chi connectivity index (χ2n) is 5.01. The van der Waals surface area contributed by atoms with E-state index in [1.807, 2.05) is 32.0 Å². The molecule has 0 saturated carbocycles. The lowest BCUT2D eigenvalue weighted by Crippen LogP contribution is -2.03. The van der Waals surface area contributed by atoms with Gasteiger partial charge in [-0.3, -0.25) is 4.40 Å². The van der Waals surface area contributed by atoms with Crippen molar-refractivity contribution < 1.29 is 9.90 Å². The first-order valence-corrected chi connectivity index (χ1v) is 6.83. The third-order valence-electron chi connectivity index (χ3n) is 3.42. The Kier molecular flexibility index (Phi) is 3.18. The molecule has 0 saturated heterocycles.